The van der Waals surface area contributed by atoms with Gasteiger partial charge in [0.15, 0.2) is 6.61 Å². The van der Waals surface area contributed by atoms with Crippen LogP contribution in [0.3, 0.4) is 0 Å². The van der Waals surface area contributed by atoms with E-state index in [1.165, 1.54) is 5.56 Å². The van der Waals surface area contributed by atoms with E-state index in [9.17, 15) is 14.4 Å². The zero-order valence-electron chi connectivity index (χ0n) is 16.8. The fourth-order valence-corrected chi connectivity index (χ4v) is 2.82. The number of aromatic amines is 1. The molecule has 7 nitrogen and oxygen atoms in total. The van der Waals surface area contributed by atoms with Crippen molar-refractivity contribution in [2.24, 2.45) is 0 Å². The average Bonchev–Trinajstić information content (AvgIpc) is 2.95. The van der Waals surface area contributed by atoms with Crippen LogP contribution in [0.1, 0.15) is 64.4 Å². The highest BCUT2D eigenvalue weighted by molar-refractivity contribution is 6.00. The molecule has 0 bridgehead atoms. The molecule has 0 radical (unpaired) electrons. The van der Waals surface area contributed by atoms with Gasteiger partial charge in [-0.05, 0) is 49.9 Å². The summed E-state index contributed by atoms with van der Waals surface area (Å²) in [6, 6.07) is 7.49. The van der Waals surface area contributed by atoms with Gasteiger partial charge in [-0.1, -0.05) is 26.0 Å². The molecule has 1 aromatic carbocycles. The highest BCUT2D eigenvalue weighted by Crippen LogP contribution is 2.20. The number of aryl methyl sites for hydroxylation is 1. The van der Waals surface area contributed by atoms with E-state index in [-0.39, 0.29) is 17.9 Å². The maximum atomic E-state index is 12.4. The normalized spacial score (nSPS) is 10.6. The number of carbonyl (C=O) groups is 3. The van der Waals surface area contributed by atoms with Crippen molar-refractivity contribution in [2.75, 3.05) is 18.5 Å². The molecule has 7 heteroatoms. The van der Waals surface area contributed by atoms with Crippen molar-refractivity contribution >= 4 is 23.5 Å². The summed E-state index contributed by atoms with van der Waals surface area (Å²) in [5, 5.41) is 2.69. The molecule has 1 aromatic heterocycles. The van der Waals surface area contributed by atoms with Crippen molar-refractivity contribution < 1.29 is 23.9 Å². The molecule has 0 aliphatic rings. The predicted molar refractivity (Wildman–Crippen MR) is 106 cm³/mol. The Morgan fingerprint density at radius 2 is 1.68 bits per heavy atom. The lowest BCUT2D eigenvalue weighted by Crippen LogP contribution is -2.21. The van der Waals surface area contributed by atoms with Gasteiger partial charge in [-0.3, -0.25) is 4.79 Å². The predicted octanol–water partition coefficient (Wildman–Crippen LogP) is 3.73. The third kappa shape index (κ3) is 5.00. The van der Waals surface area contributed by atoms with E-state index in [0.717, 1.165) is 0 Å². The molecule has 150 valence electrons. The number of amides is 1. The van der Waals surface area contributed by atoms with E-state index in [0.29, 0.717) is 22.9 Å². The SMILES string of the molecule is CCOC(=O)c1[nH]c(C)c(C(=O)OCC(=O)Nc2ccc(C(C)C)cc2)c1C. The number of nitrogens with one attached hydrogen (secondary N) is 2. The molecule has 0 unspecified atom stereocenters. The van der Waals surface area contributed by atoms with Crippen LogP contribution in [0.2, 0.25) is 0 Å². The van der Waals surface area contributed by atoms with Gasteiger partial charge >= 0.3 is 11.9 Å². The van der Waals surface area contributed by atoms with Gasteiger partial charge in [0.05, 0.1) is 12.2 Å². The summed E-state index contributed by atoms with van der Waals surface area (Å²) in [6.07, 6.45) is 0. The number of H-pyrrole nitrogens is 1. The van der Waals surface area contributed by atoms with Crippen LogP contribution in [0.25, 0.3) is 0 Å². The Bertz CT molecular complexity index is 866. The molecule has 0 aliphatic carbocycles. The fraction of sp³-hybridized carbons (Fsp3) is 0.381. The smallest absolute Gasteiger partial charge is 0.355 e. The number of esters is 2. The summed E-state index contributed by atoms with van der Waals surface area (Å²) in [7, 11) is 0. The number of hydrogen-bond donors (Lipinski definition) is 2. The Balaban J connectivity index is 1.98. The topological polar surface area (TPSA) is 97.5 Å². The third-order valence-corrected chi connectivity index (χ3v) is 4.32. The molecule has 0 fully saturated rings. The second-order valence-corrected chi connectivity index (χ2v) is 6.75. The molecule has 1 heterocycles. The Morgan fingerprint density at radius 3 is 2.25 bits per heavy atom. The van der Waals surface area contributed by atoms with Crippen molar-refractivity contribution in [3.8, 4) is 0 Å². The van der Waals surface area contributed by atoms with Gasteiger partial charge in [-0.15, -0.1) is 0 Å². The number of rotatable bonds is 7. The Hall–Kier alpha value is -3.09. The zero-order chi connectivity index (χ0) is 20.8. The number of benzene rings is 1. The Morgan fingerprint density at radius 1 is 1.04 bits per heavy atom. The molecular weight excluding hydrogens is 360 g/mol. The molecule has 0 atom stereocenters. The van der Waals surface area contributed by atoms with Crippen LogP contribution >= 0.6 is 0 Å². The van der Waals surface area contributed by atoms with Crippen molar-refractivity contribution in [3.05, 3.63) is 52.3 Å². The van der Waals surface area contributed by atoms with E-state index in [4.69, 9.17) is 9.47 Å². The molecule has 2 N–H and O–H groups in total. The number of hydrogen-bond acceptors (Lipinski definition) is 5. The molecule has 28 heavy (non-hydrogen) atoms. The average molecular weight is 386 g/mol. The standard InChI is InChI=1S/C21H26N2O5/c1-6-27-21(26)19-13(4)18(14(5)22-19)20(25)28-11-17(24)23-16-9-7-15(8-10-16)12(2)3/h7-10,12,22H,6,11H2,1-5H3,(H,23,24). The summed E-state index contributed by atoms with van der Waals surface area (Å²) in [5.41, 5.74) is 3.16. The number of ether oxygens (including phenoxy) is 2. The van der Waals surface area contributed by atoms with E-state index in [1.807, 2.05) is 12.1 Å². The van der Waals surface area contributed by atoms with Crippen molar-refractivity contribution in [2.45, 2.75) is 40.5 Å². The lowest BCUT2D eigenvalue weighted by Gasteiger charge is -2.09. The number of anilines is 1. The first-order valence-corrected chi connectivity index (χ1v) is 9.17. The van der Waals surface area contributed by atoms with E-state index >= 15 is 0 Å². The molecule has 0 saturated heterocycles. The van der Waals surface area contributed by atoms with Gasteiger partial charge in [-0.25, -0.2) is 9.59 Å². The van der Waals surface area contributed by atoms with Crippen molar-refractivity contribution in [1.29, 1.82) is 0 Å². The largest absolute Gasteiger partial charge is 0.461 e. The maximum absolute atomic E-state index is 12.4. The zero-order valence-corrected chi connectivity index (χ0v) is 16.8. The second-order valence-electron chi connectivity index (χ2n) is 6.75. The lowest BCUT2D eigenvalue weighted by atomic mass is 10.0. The minimum Gasteiger partial charge on any atom is -0.461 e. The van der Waals surface area contributed by atoms with Crippen LogP contribution in [0.4, 0.5) is 5.69 Å². The van der Waals surface area contributed by atoms with E-state index < -0.39 is 24.5 Å². The monoisotopic (exact) mass is 386 g/mol. The van der Waals surface area contributed by atoms with Gasteiger partial charge in [0.25, 0.3) is 5.91 Å². The molecule has 2 aromatic rings. The number of aromatic nitrogens is 1. The minimum atomic E-state index is -0.674. The van der Waals surface area contributed by atoms with Gasteiger partial charge in [0.1, 0.15) is 5.69 Å². The highest BCUT2D eigenvalue weighted by atomic mass is 16.5. The molecule has 2 rings (SSSR count). The second kappa shape index (κ2) is 9.21. The van der Waals surface area contributed by atoms with Crippen LogP contribution in [0, 0.1) is 13.8 Å². The van der Waals surface area contributed by atoms with Crippen LogP contribution in [0.5, 0.6) is 0 Å². The van der Waals surface area contributed by atoms with Gasteiger partial charge in [0.2, 0.25) is 0 Å². The highest BCUT2D eigenvalue weighted by Gasteiger charge is 2.24. The van der Waals surface area contributed by atoms with Crippen molar-refractivity contribution in [3.63, 3.8) is 0 Å². The van der Waals surface area contributed by atoms with E-state index in [1.54, 1.807) is 32.9 Å². The molecule has 0 aliphatic heterocycles. The summed E-state index contributed by atoms with van der Waals surface area (Å²) < 4.78 is 10.1. The van der Waals surface area contributed by atoms with Crippen LogP contribution in [-0.4, -0.2) is 36.0 Å². The lowest BCUT2D eigenvalue weighted by molar-refractivity contribution is -0.119. The molecule has 0 spiro atoms. The first kappa shape index (κ1) is 21.2. The van der Waals surface area contributed by atoms with Gasteiger partial charge < -0.3 is 19.8 Å². The molecule has 0 saturated carbocycles. The van der Waals surface area contributed by atoms with Crippen LogP contribution < -0.4 is 5.32 Å². The summed E-state index contributed by atoms with van der Waals surface area (Å²) in [5.74, 6) is -1.25. The first-order chi connectivity index (χ1) is 13.2. The summed E-state index contributed by atoms with van der Waals surface area (Å²) in [4.78, 5) is 39.2. The number of carbonyl (C=O) groups excluding carboxylic acids is 3. The summed E-state index contributed by atoms with van der Waals surface area (Å²) in [6.45, 7) is 8.97. The maximum Gasteiger partial charge on any atom is 0.355 e. The van der Waals surface area contributed by atoms with Gasteiger partial charge in [-0.2, -0.15) is 0 Å². The van der Waals surface area contributed by atoms with Crippen molar-refractivity contribution in [1.82, 2.24) is 4.98 Å². The van der Waals surface area contributed by atoms with E-state index in [2.05, 4.69) is 24.1 Å². The minimum absolute atomic E-state index is 0.209. The first-order valence-electron chi connectivity index (χ1n) is 9.17. The third-order valence-electron chi connectivity index (χ3n) is 4.32. The van der Waals surface area contributed by atoms with Crippen LogP contribution in [0.15, 0.2) is 24.3 Å². The Labute approximate surface area is 164 Å². The van der Waals surface area contributed by atoms with Crippen LogP contribution in [-0.2, 0) is 14.3 Å². The summed E-state index contributed by atoms with van der Waals surface area (Å²) >= 11 is 0. The fourth-order valence-electron chi connectivity index (χ4n) is 2.82. The Kier molecular flexibility index (Phi) is 6.98. The van der Waals surface area contributed by atoms with Gasteiger partial charge in [0, 0.05) is 11.4 Å². The quantitative estimate of drug-likeness (QED) is 0.707. The molecular formula is C21H26N2O5. The molecule has 1 amide bonds.